The van der Waals surface area contributed by atoms with Crippen molar-refractivity contribution in [2.75, 3.05) is 6.54 Å². The van der Waals surface area contributed by atoms with Gasteiger partial charge in [-0.05, 0) is 42.7 Å². The summed E-state index contributed by atoms with van der Waals surface area (Å²) in [7, 11) is -4.42. The maximum atomic E-state index is 15.3. The van der Waals surface area contributed by atoms with Crippen LogP contribution in [0.5, 0.6) is 0 Å². The highest BCUT2D eigenvalue weighted by molar-refractivity contribution is 7.92. The van der Waals surface area contributed by atoms with Crippen LogP contribution in [0.2, 0.25) is 0 Å². The molecule has 1 saturated carbocycles. The average Bonchev–Trinajstić information content (AvgIpc) is 3.73. The predicted molar refractivity (Wildman–Crippen MR) is 166 cm³/mol. The first kappa shape index (κ1) is 29.2. The van der Waals surface area contributed by atoms with Crippen LogP contribution in [0.25, 0.3) is 26.9 Å². The molecule has 1 atom stereocenters. The predicted octanol–water partition coefficient (Wildman–Crippen LogP) is 4.34. The number of hydrogen-bond acceptors (Lipinski definition) is 9. The van der Waals surface area contributed by atoms with Crippen LogP contribution in [-0.4, -0.2) is 54.0 Å². The number of allylic oxidation sites excluding steroid dienone is 5. The highest BCUT2D eigenvalue weighted by atomic mass is 32.2. The molecule has 1 aliphatic heterocycles. The summed E-state index contributed by atoms with van der Waals surface area (Å²) in [5.41, 5.74) is 2.06. The van der Waals surface area contributed by atoms with Gasteiger partial charge in [-0.15, -0.1) is 11.3 Å². The van der Waals surface area contributed by atoms with Crippen molar-refractivity contribution < 1.29 is 22.4 Å². The number of aromatic nitrogens is 3. The molecule has 2 aromatic carbocycles. The molecule has 2 aromatic heterocycles. The minimum absolute atomic E-state index is 0.0618. The van der Waals surface area contributed by atoms with Gasteiger partial charge >= 0.3 is 0 Å². The lowest BCUT2D eigenvalue weighted by atomic mass is 10.0. The van der Waals surface area contributed by atoms with Crippen molar-refractivity contribution in [1.29, 1.82) is 0 Å². The van der Waals surface area contributed by atoms with E-state index in [4.69, 9.17) is 0 Å². The lowest BCUT2D eigenvalue weighted by Gasteiger charge is -2.16. The van der Waals surface area contributed by atoms with Crippen LogP contribution in [0, 0.1) is 5.82 Å². The molecule has 1 fully saturated rings. The summed E-state index contributed by atoms with van der Waals surface area (Å²) in [5, 5.41) is 3.36. The van der Waals surface area contributed by atoms with Crippen molar-refractivity contribution in [2.24, 2.45) is 4.99 Å². The number of carbonyl (C=O) groups excluding carboxylic acids is 2. The Morgan fingerprint density at radius 1 is 1.05 bits per heavy atom. The fraction of sp³-hybridized carbons (Fsp3) is 0.161. The quantitative estimate of drug-likeness (QED) is 0.281. The molecule has 222 valence electrons. The smallest absolute Gasteiger partial charge is 0.246 e. The van der Waals surface area contributed by atoms with Crippen LogP contribution < -0.4 is 10.6 Å². The zero-order valence-electron chi connectivity index (χ0n) is 23.1. The van der Waals surface area contributed by atoms with Crippen molar-refractivity contribution in [3.8, 4) is 11.1 Å². The highest BCUT2D eigenvalue weighted by Crippen LogP contribution is 2.37. The van der Waals surface area contributed by atoms with E-state index >= 15 is 4.39 Å². The lowest BCUT2D eigenvalue weighted by Crippen LogP contribution is -2.41. The molecule has 2 N–H and O–H groups in total. The Morgan fingerprint density at radius 3 is 2.66 bits per heavy atom. The summed E-state index contributed by atoms with van der Waals surface area (Å²) in [4.78, 5) is 42.3. The molecule has 4 aromatic rings. The van der Waals surface area contributed by atoms with Gasteiger partial charge in [-0.25, -0.2) is 27.8 Å². The number of aliphatic imine (C=N–C) groups is 1. The van der Waals surface area contributed by atoms with Crippen molar-refractivity contribution in [1.82, 2.24) is 25.6 Å². The van der Waals surface area contributed by atoms with Crippen LogP contribution in [0.15, 0.2) is 95.5 Å². The average molecular weight is 629 g/mol. The molecule has 2 amide bonds. The molecule has 0 saturated heterocycles. The van der Waals surface area contributed by atoms with Gasteiger partial charge in [0.1, 0.15) is 17.2 Å². The van der Waals surface area contributed by atoms with Gasteiger partial charge in [0, 0.05) is 53.6 Å². The van der Waals surface area contributed by atoms with E-state index in [1.54, 1.807) is 61.1 Å². The van der Waals surface area contributed by atoms with Gasteiger partial charge in [-0.1, -0.05) is 30.4 Å². The zero-order chi connectivity index (χ0) is 30.7. The number of halogens is 1. The largest absolute Gasteiger partial charge is 0.352 e. The number of benzene rings is 2. The van der Waals surface area contributed by atoms with E-state index in [2.05, 4.69) is 30.6 Å². The van der Waals surface area contributed by atoms with E-state index in [0.29, 0.717) is 21.4 Å². The molecule has 10 nitrogen and oxygen atoms in total. The standard InChI is InChI=1S/C31H25FN6O4S2/c32-25-13-26-27(12-24(25)20-5-2-1-3-10-33-14-20)43-31(38-26)29(30(40)36-17-28(39)37-22-8-9-22)44(41,42)23-7-4-6-19(11-23)21-15-34-18-35-16-21/h1-7,10-16,18,22,29H,8-9,17H2,(H,36,40)(H,37,39)/b2-1?,3-1+,5-2+,10-3?,20-5?,20-14+,33-10-,33-14?. The number of carbonyl (C=O) groups is 2. The third-order valence-corrected chi connectivity index (χ3v) is 10.1. The number of rotatable bonds is 9. The zero-order valence-corrected chi connectivity index (χ0v) is 24.7. The van der Waals surface area contributed by atoms with Gasteiger partial charge in [0.25, 0.3) is 0 Å². The molecule has 0 bridgehead atoms. The van der Waals surface area contributed by atoms with Crippen LogP contribution >= 0.6 is 11.3 Å². The number of nitrogens with zero attached hydrogens (tertiary/aromatic N) is 4. The van der Waals surface area contributed by atoms with E-state index in [9.17, 15) is 18.0 Å². The number of sulfone groups is 1. The third kappa shape index (κ3) is 6.38. The fourth-order valence-corrected chi connectivity index (χ4v) is 7.55. The van der Waals surface area contributed by atoms with E-state index in [1.807, 2.05) is 0 Å². The Kier molecular flexibility index (Phi) is 8.22. The minimum atomic E-state index is -4.42. The Bertz CT molecular complexity index is 1980. The Labute approximate surface area is 256 Å². The summed E-state index contributed by atoms with van der Waals surface area (Å²) in [5.74, 6) is -1.92. The molecule has 6 rings (SSSR count). The molecular weight excluding hydrogens is 604 g/mol. The first-order chi connectivity index (χ1) is 21.3. The van der Waals surface area contributed by atoms with Crippen LogP contribution in [0.3, 0.4) is 0 Å². The second kappa shape index (κ2) is 12.4. The fourth-order valence-electron chi connectivity index (χ4n) is 4.54. The molecule has 0 spiro atoms. The van der Waals surface area contributed by atoms with Gasteiger partial charge in [-0.2, -0.15) is 0 Å². The third-order valence-electron chi connectivity index (χ3n) is 6.88. The van der Waals surface area contributed by atoms with E-state index in [0.717, 1.165) is 24.2 Å². The van der Waals surface area contributed by atoms with E-state index in [1.165, 1.54) is 30.7 Å². The number of amides is 2. The van der Waals surface area contributed by atoms with Crippen LogP contribution in [-0.2, 0) is 19.4 Å². The maximum Gasteiger partial charge on any atom is 0.246 e. The minimum Gasteiger partial charge on any atom is -0.352 e. The summed E-state index contributed by atoms with van der Waals surface area (Å²) in [6, 6.07) is 8.91. The van der Waals surface area contributed by atoms with Crippen molar-refractivity contribution >= 4 is 55.0 Å². The normalized spacial score (nSPS) is 18.7. The molecule has 44 heavy (non-hydrogen) atoms. The van der Waals surface area contributed by atoms with Gasteiger partial charge in [0.2, 0.25) is 11.8 Å². The molecule has 1 unspecified atom stereocenters. The van der Waals surface area contributed by atoms with Crippen molar-refractivity contribution in [2.45, 2.75) is 29.0 Å². The second-order valence-corrected chi connectivity index (χ2v) is 13.2. The first-order valence-corrected chi connectivity index (χ1v) is 16.0. The van der Waals surface area contributed by atoms with Gasteiger partial charge in [0.15, 0.2) is 15.1 Å². The molecule has 2 aliphatic rings. The van der Waals surface area contributed by atoms with Gasteiger partial charge in [0.05, 0.1) is 21.7 Å². The summed E-state index contributed by atoms with van der Waals surface area (Å²) in [6.07, 6.45) is 16.2. The van der Waals surface area contributed by atoms with Crippen LogP contribution in [0.1, 0.15) is 28.7 Å². The molecule has 1 aliphatic carbocycles. The summed E-state index contributed by atoms with van der Waals surface area (Å²) < 4.78 is 44.1. The van der Waals surface area contributed by atoms with Crippen LogP contribution in [0.4, 0.5) is 4.39 Å². The summed E-state index contributed by atoms with van der Waals surface area (Å²) >= 11 is 0.965. The van der Waals surface area contributed by atoms with Crippen molar-refractivity contribution in [3.05, 3.63) is 102 Å². The molecule has 0 radical (unpaired) electrons. The van der Waals surface area contributed by atoms with Gasteiger partial charge < -0.3 is 10.6 Å². The SMILES string of the molecule is O=C(CNC(=O)C(c1nc2cc(F)c(C3=C/N=C\C=C\C=C\3)cc2s1)S(=O)(=O)c1cccc(-c2cncnc2)c1)NC1CC1. The maximum absolute atomic E-state index is 15.3. The topological polar surface area (TPSA) is 143 Å². The molecule has 13 heteroatoms. The number of nitrogens with one attached hydrogen (secondary N) is 2. The Balaban J connectivity index is 1.40. The van der Waals surface area contributed by atoms with Gasteiger partial charge in [-0.3, -0.25) is 14.6 Å². The highest BCUT2D eigenvalue weighted by Gasteiger charge is 2.39. The number of thiazole rings is 1. The first-order valence-electron chi connectivity index (χ1n) is 13.6. The van der Waals surface area contributed by atoms with E-state index in [-0.39, 0.29) is 27.0 Å². The Hall–Kier alpha value is -4.88. The van der Waals surface area contributed by atoms with E-state index < -0.39 is 39.3 Å². The lowest BCUT2D eigenvalue weighted by molar-refractivity contribution is -0.126. The Morgan fingerprint density at radius 2 is 1.86 bits per heavy atom. The van der Waals surface area contributed by atoms with Crippen molar-refractivity contribution in [3.63, 3.8) is 0 Å². The number of fused-ring (bicyclic) bond motifs is 1. The monoisotopic (exact) mass is 628 g/mol. The second-order valence-electron chi connectivity index (χ2n) is 10.1. The number of hydrogen-bond donors (Lipinski definition) is 2. The summed E-state index contributed by atoms with van der Waals surface area (Å²) in [6.45, 7) is -0.401. The molecule has 3 heterocycles. The molecular formula is C31H25FN6O4S2.